The van der Waals surface area contributed by atoms with E-state index in [2.05, 4.69) is 10.6 Å². The van der Waals surface area contributed by atoms with Crippen molar-refractivity contribution < 1.29 is 18.4 Å². The average Bonchev–Trinajstić information content (AvgIpc) is 3.10. The number of halogens is 1. The average molecular weight is 331 g/mol. The number of hydrogen-bond acceptors (Lipinski definition) is 3. The van der Waals surface area contributed by atoms with Crippen LogP contribution >= 0.6 is 0 Å². The van der Waals surface area contributed by atoms with Crippen LogP contribution in [0.15, 0.2) is 28.7 Å². The number of anilines is 1. The van der Waals surface area contributed by atoms with Crippen LogP contribution in [0.4, 0.5) is 14.9 Å². The Balaban J connectivity index is 1.76. The van der Waals surface area contributed by atoms with E-state index < -0.39 is 11.7 Å². The van der Waals surface area contributed by atoms with Crippen molar-refractivity contribution in [2.75, 3.05) is 18.0 Å². The van der Waals surface area contributed by atoms with E-state index in [0.717, 1.165) is 17.1 Å². The van der Waals surface area contributed by atoms with Crippen molar-refractivity contribution in [2.24, 2.45) is 0 Å². The van der Waals surface area contributed by atoms with E-state index in [1.807, 2.05) is 19.9 Å². The second kappa shape index (κ2) is 6.35. The second-order valence-electron chi connectivity index (χ2n) is 5.67. The van der Waals surface area contributed by atoms with Crippen molar-refractivity contribution >= 4 is 17.6 Å². The highest BCUT2D eigenvalue weighted by atomic mass is 19.1. The zero-order chi connectivity index (χ0) is 17.3. The molecule has 3 amide bonds. The van der Waals surface area contributed by atoms with Gasteiger partial charge in [-0.2, -0.15) is 0 Å². The molecule has 6 nitrogen and oxygen atoms in total. The molecule has 0 atom stereocenters. The minimum Gasteiger partial charge on any atom is -0.466 e. The molecule has 0 radical (unpaired) electrons. The van der Waals surface area contributed by atoms with Crippen molar-refractivity contribution in [2.45, 2.75) is 20.4 Å². The predicted molar refractivity (Wildman–Crippen MR) is 86.5 cm³/mol. The summed E-state index contributed by atoms with van der Waals surface area (Å²) in [7, 11) is 0. The van der Waals surface area contributed by atoms with Gasteiger partial charge in [0.25, 0.3) is 5.91 Å². The van der Waals surface area contributed by atoms with Gasteiger partial charge in [0.15, 0.2) is 0 Å². The predicted octanol–water partition coefficient (Wildman–Crippen LogP) is 2.50. The Kier molecular flexibility index (Phi) is 4.24. The third-order valence-electron chi connectivity index (χ3n) is 3.95. The van der Waals surface area contributed by atoms with Gasteiger partial charge in [-0.25, -0.2) is 9.18 Å². The maximum absolute atomic E-state index is 14.0. The number of aryl methyl sites for hydroxylation is 2. The third-order valence-corrected chi connectivity index (χ3v) is 3.95. The minimum absolute atomic E-state index is 0.0925. The smallest absolute Gasteiger partial charge is 0.321 e. The lowest BCUT2D eigenvalue weighted by Gasteiger charge is -2.15. The van der Waals surface area contributed by atoms with E-state index >= 15 is 0 Å². The topological polar surface area (TPSA) is 74.6 Å². The third kappa shape index (κ3) is 3.10. The number of amides is 3. The first kappa shape index (κ1) is 16.0. The molecule has 1 aromatic carbocycles. The number of benzene rings is 1. The summed E-state index contributed by atoms with van der Waals surface area (Å²) in [5, 5.41) is 5.35. The van der Waals surface area contributed by atoms with Crippen LogP contribution in [0.1, 0.15) is 27.4 Å². The van der Waals surface area contributed by atoms with Crippen LogP contribution in [-0.4, -0.2) is 25.0 Å². The molecule has 1 saturated heterocycles. The van der Waals surface area contributed by atoms with Crippen molar-refractivity contribution in [1.82, 2.24) is 10.6 Å². The molecule has 126 valence electrons. The van der Waals surface area contributed by atoms with Gasteiger partial charge in [0.2, 0.25) is 0 Å². The summed E-state index contributed by atoms with van der Waals surface area (Å²) in [5.74, 6) is 0.309. The summed E-state index contributed by atoms with van der Waals surface area (Å²) >= 11 is 0. The lowest BCUT2D eigenvalue weighted by atomic mass is 10.1. The number of furan rings is 1. The Morgan fingerprint density at radius 1 is 1.38 bits per heavy atom. The fraction of sp³-hybridized carbons (Fsp3) is 0.294. The molecular formula is C17H18FN3O3. The first-order valence-corrected chi connectivity index (χ1v) is 7.64. The quantitative estimate of drug-likeness (QED) is 0.904. The van der Waals surface area contributed by atoms with Gasteiger partial charge < -0.3 is 15.1 Å². The zero-order valence-electron chi connectivity index (χ0n) is 13.5. The molecular weight excluding hydrogens is 313 g/mol. The molecule has 2 N–H and O–H groups in total. The van der Waals surface area contributed by atoms with E-state index in [-0.39, 0.29) is 18.1 Å². The largest absolute Gasteiger partial charge is 0.466 e. The molecule has 0 bridgehead atoms. The summed E-state index contributed by atoms with van der Waals surface area (Å²) in [5.41, 5.74) is 1.24. The molecule has 0 spiro atoms. The summed E-state index contributed by atoms with van der Waals surface area (Å²) in [6, 6.07) is 5.65. The van der Waals surface area contributed by atoms with Crippen molar-refractivity contribution in [3.05, 3.63) is 52.7 Å². The Bertz CT molecular complexity index is 800. The van der Waals surface area contributed by atoms with Gasteiger partial charge in [-0.05, 0) is 38.1 Å². The zero-order valence-corrected chi connectivity index (χ0v) is 13.5. The van der Waals surface area contributed by atoms with E-state index in [9.17, 15) is 14.0 Å². The van der Waals surface area contributed by atoms with Crippen molar-refractivity contribution in [3.63, 3.8) is 0 Å². The highest BCUT2D eigenvalue weighted by Crippen LogP contribution is 2.21. The van der Waals surface area contributed by atoms with Crippen LogP contribution in [0.5, 0.6) is 0 Å². The van der Waals surface area contributed by atoms with Gasteiger partial charge in [-0.3, -0.25) is 9.69 Å². The van der Waals surface area contributed by atoms with Gasteiger partial charge in [0, 0.05) is 30.9 Å². The molecule has 0 aliphatic carbocycles. The minimum atomic E-state index is -0.629. The Labute approximate surface area is 138 Å². The lowest BCUT2D eigenvalue weighted by Crippen LogP contribution is -2.29. The number of carbonyl (C=O) groups is 2. The number of nitrogens with zero attached hydrogens (tertiary/aromatic N) is 1. The van der Waals surface area contributed by atoms with Crippen LogP contribution in [-0.2, 0) is 6.54 Å². The number of carbonyl (C=O) groups excluding carboxylic acids is 2. The lowest BCUT2D eigenvalue weighted by molar-refractivity contribution is 0.0946. The highest BCUT2D eigenvalue weighted by molar-refractivity contribution is 5.98. The van der Waals surface area contributed by atoms with Crippen LogP contribution in [0.2, 0.25) is 0 Å². The first-order valence-electron chi connectivity index (χ1n) is 7.64. The molecule has 24 heavy (non-hydrogen) atoms. The fourth-order valence-corrected chi connectivity index (χ4v) is 2.70. The van der Waals surface area contributed by atoms with Crippen molar-refractivity contribution in [3.8, 4) is 0 Å². The van der Waals surface area contributed by atoms with Gasteiger partial charge >= 0.3 is 6.03 Å². The standard InChI is InChI=1S/C17H18FN3O3/c1-10-7-12(11(2)24-10)9-20-16(22)14-8-13(3-4-15(14)18)21-6-5-19-17(21)23/h3-4,7-8H,5-6,9H2,1-2H3,(H,19,23)(H,20,22). The molecule has 3 rings (SSSR count). The molecule has 7 heteroatoms. The fourth-order valence-electron chi connectivity index (χ4n) is 2.70. The van der Waals surface area contributed by atoms with Gasteiger partial charge in [-0.15, -0.1) is 0 Å². The number of urea groups is 1. The summed E-state index contributed by atoms with van der Waals surface area (Å²) in [6.07, 6.45) is 0. The number of hydrogen-bond donors (Lipinski definition) is 2. The summed E-state index contributed by atoms with van der Waals surface area (Å²) in [4.78, 5) is 25.5. The summed E-state index contributed by atoms with van der Waals surface area (Å²) < 4.78 is 19.4. The first-order chi connectivity index (χ1) is 11.5. The Hall–Kier alpha value is -2.83. The van der Waals surface area contributed by atoms with Gasteiger partial charge in [-0.1, -0.05) is 0 Å². The Morgan fingerprint density at radius 2 is 2.17 bits per heavy atom. The van der Waals surface area contributed by atoms with E-state index in [1.165, 1.54) is 23.1 Å². The molecule has 2 heterocycles. The molecule has 0 unspecified atom stereocenters. The molecule has 1 aliphatic rings. The van der Waals surface area contributed by atoms with Gasteiger partial charge in [0.05, 0.1) is 5.56 Å². The maximum Gasteiger partial charge on any atom is 0.321 e. The van der Waals surface area contributed by atoms with Crippen LogP contribution in [0.3, 0.4) is 0 Å². The number of rotatable bonds is 4. The van der Waals surface area contributed by atoms with Crippen LogP contribution in [0.25, 0.3) is 0 Å². The monoisotopic (exact) mass is 331 g/mol. The maximum atomic E-state index is 14.0. The molecule has 1 aliphatic heterocycles. The molecule has 2 aromatic rings. The highest BCUT2D eigenvalue weighted by Gasteiger charge is 2.23. The summed E-state index contributed by atoms with van der Waals surface area (Å²) in [6.45, 7) is 4.88. The normalized spacial score (nSPS) is 14.0. The second-order valence-corrected chi connectivity index (χ2v) is 5.67. The van der Waals surface area contributed by atoms with Crippen LogP contribution in [0, 0.1) is 19.7 Å². The molecule has 1 fully saturated rings. The molecule has 1 aromatic heterocycles. The van der Waals surface area contributed by atoms with Crippen LogP contribution < -0.4 is 15.5 Å². The SMILES string of the molecule is Cc1cc(CNC(=O)c2cc(N3CCNC3=O)ccc2F)c(C)o1. The number of nitrogens with one attached hydrogen (secondary N) is 2. The van der Waals surface area contributed by atoms with Gasteiger partial charge in [0.1, 0.15) is 17.3 Å². The van der Waals surface area contributed by atoms with E-state index in [1.54, 1.807) is 0 Å². The van der Waals surface area contributed by atoms with E-state index in [0.29, 0.717) is 18.8 Å². The Morgan fingerprint density at radius 3 is 2.79 bits per heavy atom. The molecule has 0 saturated carbocycles. The van der Waals surface area contributed by atoms with E-state index in [4.69, 9.17) is 4.42 Å². The van der Waals surface area contributed by atoms with Crippen molar-refractivity contribution in [1.29, 1.82) is 0 Å².